The molecule has 29 heavy (non-hydrogen) atoms. The summed E-state index contributed by atoms with van der Waals surface area (Å²) in [5, 5.41) is 2.70. The smallest absolute Gasteiger partial charge is 0.273 e. The highest BCUT2D eigenvalue weighted by atomic mass is 32.1. The molecule has 0 bridgehead atoms. The number of aromatic nitrogens is 1. The molecule has 0 N–H and O–H groups in total. The van der Waals surface area contributed by atoms with Gasteiger partial charge in [0.2, 0.25) is 0 Å². The monoisotopic (exact) mass is 410 g/mol. The molecule has 2 unspecified atom stereocenters. The van der Waals surface area contributed by atoms with E-state index < -0.39 is 0 Å². The highest BCUT2D eigenvalue weighted by Gasteiger charge is 2.31. The van der Waals surface area contributed by atoms with Crippen LogP contribution in [0.2, 0.25) is 0 Å². The molecular formula is C24H30N2O2S. The summed E-state index contributed by atoms with van der Waals surface area (Å²) in [6.07, 6.45) is 10.1. The van der Waals surface area contributed by atoms with E-state index in [1.165, 1.54) is 49.9 Å². The molecule has 154 valence electrons. The number of hydrogen-bond donors (Lipinski definition) is 0. The summed E-state index contributed by atoms with van der Waals surface area (Å²) >= 11 is 1.49. The van der Waals surface area contributed by atoms with Crippen molar-refractivity contribution in [1.82, 2.24) is 9.88 Å². The lowest BCUT2D eigenvalue weighted by Gasteiger charge is -2.38. The molecule has 1 amide bonds. The maximum atomic E-state index is 13.2. The Labute approximate surface area is 177 Å². The molecule has 1 aromatic carbocycles. The number of nitrogens with zero attached hydrogens (tertiary/aromatic N) is 2. The fraction of sp³-hybridized carbons (Fsp3) is 0.542. The standard InChI is InChI=1S/C24H30N2O2S/c1-17(15-27)20-11-5-6-12-21(20)23-25-22(16-29-23)24(28)26-13-7-10-19(14-26)18-8-3-2-4-9-18/h5-6,11-12,15-19H,2-4,7-10,13-14H2,1H3. The summed E-state index contributed by atoms with van der Waals surface area (Å²) in [7, 11) is 0. The average Bonchev–Trinajstić information content (AvgIpc) is 3.29. The van der Waals surface area contributed by atoms with E-state index in [0.29, 0.717) is 11.6 Å². The highest BCUT2D eigenvalue weighted by molar-refractivity contribution is 7.13. The summed E-state index contributed by atoms with van der Waals surface area (Å²) in [5.41, 5.74) is 2.46. The van der Waals surface area contributed by atoms with Gasteiger partial charge in [0.1, 0.15) is 17.0 Å². The minimum absolute atomic E-state index is 0.0638. The Morgan fingerprint density at radius 3 is 2.69 bits per heavy atom. The van der Waals surface area contributed by atoms with Crippen LogP contribution in [0.3, 0.4) is 0 Å². The molecule has 5 heteroatoms. The summed E-state index contributed by atoms with van der Waals surface area (Å²) in [4.78, 5) is 31.2. The van der Waals surface area contributed by atoms with Gasteiger partial charge in [-0.05, 0) is 30.2 Å². The Morgan fingerprint density at radius 2 is 1.90 bits per heavy atom. The molecule has 1 saturated heterocycles. The molecule has 4 nitrogen and oxygen atoms in total. The van der Waals surface area contributed by atoms with Crippen molar-refractivity contribution in [3.63, 3.8) is 0 Å². The van der Waals surface area contributed by atoms with Gasteiger partial charge < -0.3 is 9.69 Å². The Hall–Kier alpha value is -2.01. The molecule has 0 spiro atoms. The van der Waals surface area contributed by atoms with Crippen molar-refractivity contribution < 1.29 is 9.59 Å². The first kappa shape index (κ1) is 20.3. The molecule has 1 aliphatic heterocycles. The van der Waals surface area contributed by atoms with Crippen LogP contribution in [0, 0.1) is 11.8 Å². The lowest BCUT2D eigenvalue weighted by Crippen LogP contribution is -2.42. The molecule has 2 fully saturated rings. The van der Waals surface area contributed by atoms with E-state index in [2.05, 4.69) is 4.98 Å². The van der Waals surface area contributed by atoms with E-state index in [1.807, 2.05) is 41.5 Å². The molecule has 1 saturated carbocycles. The second-order valence-corrected chi connectivity index (χ2v) is 9.46. The van der Waals surface area contributed by atoms with E-state index >= 15 is 0 Å². The van der Waals surface area contributed by atoms with Crippen molar-refractivity contribution >= 4 is 23.5 Å². The molecule has 0 radical (unpaired) electrons. The maximum absolute atomic E-state index is 13.2. The number of thiazole rings is 1. The average molecular weight is 411 g/mol. The van der Waals surface area contributed by atoms with Gasteiger partial charge in [0.15, 0.2) is 0 Å². The summed E-state index contributed by atoms with van der Waals surface area (Å²) in [6.45, 7) is 3.62. The third-order valence-electron chi connectivity index (χ3n) is 6.67. The predicted molar refractivity (Wildman–Crippen MR) is 117 cm³/mol. The van der Waals surface area contributed by atoms with Crippen LogP contribution in [0.4, 0.5) is 0 Å². The number of benzene rings is 1. The quantitative estimate of drug-likeness (QED) is 0.608. The van der Waals surface area contributed by atoms with Crippen molar-refractivity contribution in [3.05, 3.63) is 40.9 Å². The van der Waals surface area contributed by atoms with Gasteiger partial charge in [-0.15, -0.1) is 11.3 Å². The molecule has 4 rings (SSSR count). The van der Waals surface area contributed by atoms with E-state index in [4.69, 9.17) is 0 Å². The minimum atomic E-state index is -0.187. The van der Waals surface area contributed by atoms with Gasteiger partial charge >= 0.3 is 0 Å². The van der Waals surface area contributed by atoms with Crippen LogP contribution >= 0.6 is 11.3 Å². The van der Waals surface area contributed by atoms with Crippen molar-refractivity contribution in [1.29, 1.82) is 0 Å². The van der Waals surface area contributed by atoms with E-state index in [9.17, 15) is 9.59 Å². The Morgan fingerprint density at radius 1 is 1.14 bits per heavy atom. The van der Waals surface area contributed by atoms with E-state index in [0.717, 1.165) is 47.8 Å². The summed E-state index contributed by atoms with van der Waals surface area (Å²) in [6, 6.07) is 7.86. The van der Waals surface area contributed by atoms with Crippen LogP contribution in [0.1, 0.15) is 73.8 Å². The Kier molecular flexibility index (Phi) is 6.43. The Bertz CT molecular complexity index is 856. The topological polar surface area (TPSA) is 50.3 Å². The lowest BCUT2D eigenvalue weighted by molar-refractivity contribution is -0.108. The van der Waals surface area contributed by atoms with Crippen molar-refractivity contribution in [3.8, 4) is 10.6 Å². The fourth-order valence-corrected chi connectivity index (χ4v) is 5.85. The fourth-order valence-electron chi connectivity index (χ4n) is 5.00. The summed E-state index contributed by atoms with van der Waals surface area (Å²) < 4.78 is 0. The number of hydrogen-bond acceptors (Lipinski definition) is 4. The van der Waals surface area contributed by atoms with Crippen LogP contribution < -0.4 is 0 Å². The van der Waals surface area contributed by atoms with Gasteiger partial charge in [0.25, 0.3) is 5.91 Å². The number of rotatable bonds is 5. The first-order chi connectivity index (χ1) is 14.2. The van der Waals surface area contributed by atoms with Gasteiger partial charge in [-0.3, -0.25) is 4.79 Å². The first-order valence-corrected chi connectivity index (χ1v) is 11.8. The van der Waals surface area contributed by atoms with Crippen LogP contribution in [0.5, 0.6) is 0 Å². The van der Waals surface area contributed by atoms with Crippen LogP contribution in [0.15, 0.2) is 29.6 Å². The van der Waals surface area contributed by atoms with Crippen molar-refractivity contribution in [2.75, 3.05) is 13.1 Å². The van der Waals surface area contributed by atoms with Crippen LogP contribution in [0.25, 0.3) is 10.6 Å². The van der Waals surface area contributed by atoms with Gasteiger partial charge in [-0.1, -0.05) is 63.3 Å². The minimum Gasteiger partial charge on any atom is -0.337 e. The van der Waals surface area contributed by atoms with Gasteiger partial charge in [-0.2, -0.15) is 0 Å². The van der Waals surface area contributed by atoms with E-state index in [-0.39, 0.29) is 11.8 Å². The Balaban J connectivity index is 1.49. The van der Waals surface area contributed by atoms with Crippen molar-refractivity contribution in [2.45, 2.75) is 57.8 Å². The number of amides is 1. The molecule has 2 atom stereocenters. The van der Waals surface area contributed by atoms with Crippen LogP contribution in [-0.4, -0.2) is 35.2 Å². The lowest BCUT2D eigenvalue weighted by atomic mass is 9.76. The SMILES string of the molecule is CC(C=O)c1ccccc1-c1nc(C(=O)N2CCCC(C3CCCCC3)C2)cs1. The van der Waals surface area contributed by atoms with Crippen LogP contribution in [-0.2, 0) is 4.79 Å². The zero-order chi connectivity index (χ0) is 20.2. The number of carbonyl (C=O) groups excluding carboxylic acids is 2. The number of likely N-dealkylation sites (tertiary alicyclic amines) is 1. The predicted octanol–water partition coefficient (Wildman–Crippen LogP) is 5.55. The molecule has 2 heterocycles. The van der Waals surface area contributed by atoms with Gasteiger partial charge in [0.05, 0.1) is 0 Å². The molecule has 2 aromatic rings. The second-order valence-electron chi connectivity index (χ2n) is 8.60. The molecule has 1 aromatic heterocycles. The normalized spacial score (nSPS) is 21.7. The van der Waals surface area contributed by atoms with Gasteiger partial charge in [-0.25, -0.2) is 4.98 Å². The molecular weight excluding hydrogens is 380 g/mol. The third-order valence-corrected chi connectivity index (χ3v) is 7.55. The maximum Gasteiger partial charge on any atom is 0.273 e. The zero-order valence-corrected chi connectivity index (χ0v) is 18.0. The number of piperidine rings is 1. The number of carbonyl (C=O) groups is 2. The van der Waals surface area contributed by atoms with Crippen molar-refractivity contribution in [2.24, 2.45) is 11.8 Å². The molecule has 1 aliphatic carbocycles. The zero-order valence-electron chi connectivity index (χ0n) is 17.2. The first-order valence-electron chi connectivity index (χ1n) is 11.0. The third kappa shape index (κ3) is 4.45. The number of aldehydes is 1. The largest absolute Gasteiger partial charge is 0.337 e. The highest BCUT2D eigenvalue weighted by Crippen LogP contribution is 2.36. The summed E-state index contributed by atoms with van der Waals surface area (Å²) in [5.74, 6) is 1.32. The second kappa shape index (κ2) is 9.21. The van der Waals surface area contributed by atoms with Gasteiger partial charge in [0, 0.05) is 30.0 Å². The van der Waals surface area contributed by atoms with E-state index in [1.54, 1.807) is 0 Å². The molecule has 2 aliphatic rings.